The Labute approximate surface area is 119 Å². The molecule has 2 aromatic rings. The van der Waals surface area contributed by atoms with Gasteiger partial charge >= 0.3 is 0 Å². The van der Waals surface area contributed by atoms with Gasteiger partial charge in [0.15, 0.2) is 0 Å². The second kappa shape index (κ2) is 6.34. The van der Waals surface area contributed by atoms with Crippen LogP contribution in [0.2, 0.25) is 0 Å². The summed E-state index contributed by atoms with van der Waals surface area (Å²) in [6, 6.07) is 15.9. The molecule has 2 nitrogen and oxygen atoms in total. The Kier molecular flexibility index (Phi) is 4.53. The van der Waals surface area contributed by atoms with Crippen LogP contribution >= 0.6 is 12.2 Å². The summed E-state index contributed by atoms with van der Waals surface area (Å²) in [5.74, 6) is 1.69. The molecule has 0 spiro atoms. The lowest BCUT2D eigenvalue weighted by Crippen LogP contribution is -2.08. The molecule has 0 heterocycles. The molecule has 2 aromatic carbocycles. The summed E-state index contributed by atoms with van der Waals surface area (Å²) in [4.78, 5) is 0.559. The van der Waals surface area contributed by atoms with Gasteiger partial charge in [-0.05, 0) is 48.7 Å². The van der Waals surface area contributed by atoms with Crippen LogP contribution in [0.1, 0.15) is 17.5 Å². The van der Waals surface area contributed by atoms with Crippen molar-refractivity contribution < 1.29 is 4.74 Å². The number of para-hydroxylation sites is 1. The standard InChI is InChI=1S/C16H17NOS/c1-12-11-15(18-14-5-3-2-4-6-14)9-7-13(12)8-10-16(17)19/h2-7,9,11H,8,10H2,1H3,(H2,17,19). The van der Waals surface area contributed by atoms with Gasteiger partial charge < -0.3 is 10.5 Å². The molecule has 0 aliphatic heterocycles. The number of ether oxygens (including phenoxy) is 1. The summed E-state index contributed by atoms with van der Waals surface area (Å²) in [7, 11) is 0. The Morgan fingerprint density at radius 2 is 1.84 bits per heavy atom. The Morgan fingerprint density at radius 1 is 1.11 bits per heavy atom. The number of hydrogen-bond acceptors (Lipinski definition) is 2. The fourth-order valence-corrected chi connectivity index (χ4v) is 2.00. The van der Waals surface area contributed by atoms with Crippen molar-refractivity contribution in [2.75, 3.05) is 0 Å². The topological polar surface area (TPSA) is 35.2 Å². The minimum absolute atomic E-state index is 0.559. The molecular weight excluding hydrogens is 254 g/mol. The lowest BCUT2D eigenvalue weighted by atomic mass is 10.0. The lowest BCUT2D eigenvalue weighted by molar-refractivity contribution is 0.482. The summed E-state index contributed by atoms with van der Waals surface area (Å²) >= 11 is 4.90. The van der Waals surface area contributed by atoms with Crippen molar-refractivity contribution in [2.45, 2.75) is 19.8 Å². The average molecular weight is 271 g/mol. The van der Waals surface area contributed by atoms with E-state index in [1.165, 1.54) is 11.1 Å². The summed E-state index contributed by atoms with van der Waals surface area (Å²) in [6.45, 7) is 2.08. The van der Waals surface area contributed by atoms with Crippen molar-refractivity contribution >= 4 is 17.2 Å². The molecule has 0 saturated heterocycles. The van der Waals surface area contributed by atoms with E-state index in [1.807, 2.05) is 42.5 Å². The van der Waals surface area contributed by atoms with Crippen LogP contribution in [0.4, 0.5) is 0 Å². The predicted molar refractivity (Wildman–Crippen MR) is 82.8 cm³/mol. The molecule has 0 aliphatic carbocycles. The van der Waals surface area contributed by atoms with Crippen LogP contribution in [-0.2, 0) is 6.42 Å². The fraction of sp³-hybridized carbons (Fsp3) is 0.188. The van der Waals surface area contributed by atoms with Crippen LogP contribution in [-0.4, -0.2) is 4.99 Å². The van der Waals surface area contributed by atoms with Crippen molar-refractivity contribution in [3.8, 4) is 11.5 Å². The van der Waals surface area contributed by atoms with Gasteiger partial charge in [-0.2, -0.15) is 0 Å². The van der Waals surface area contributed by atoms with E-state index in [9.17, 15) is 0 Å². The monoisotopic (exact) mass is 271 g/mol. The Balaban J connectivity index is 2.08. The first-order valence-electron chi connectivity index (χ1n) is 6.26. The maximum Gasteiger partial charge on any atom is 0.127 e. The number of rotatable bonds is 5. The summed E-state index contributed by atoms with van der Waals surface area (Å²) in [6.07, 6.45) is 1.63. The molecular formula is C16H17NOS. The molecule has 0 aliphatic rings. The van der Waals surface area contributed by atoms with Gasteiger partial charge in [-0.1, -0.05) is 36.5 Å². The first-order valence-corrected chi connectivity index (χ1v) is 6.67. The molecule has 0 unspecified atom stereocenters. The van der Waals surface area contributed by atoms with Gasteiger partial charge in [-0.15, -0.1) is 0 Å². The minimum Gasteiger partial charge on any atom is -0.457 e. The zero-order chi connectivity index (χ0) is 13.7. The SMILES string of the molecule is Cc1cc(Oc2ccccc2)ccc1CCC(N)=S. The number of benzene rings is 2. The molecule has 0 atom stereocenters. The molecule has 0 fully saturated rings. The molecule has 3 heteroatoms. The number of hydrogen-bond donors (Lipinski definition) is 1. The van der Waals surface area contributed by atoms with Gasteiger partial charge in [0.05, 0.1) is 4.99 Å². The van der Waals surface area contributed by atoms with Crippen LogP contribution < -0.4 is 10.5 Å². The third kappa shape index (κ3) is 4.07. The van der Waals surface area contributed by atoms with Crippen LogP contribution in [0.15, 0.2) is 48.5 Å². The number of thiocarbonyl (C=S) groups is 1. The summed E-state index contributed by atoms with van der Waals surface area (Å²) < 4.78 is 5.79. The van der Waals surface area contributed by atoms with E-state index in [0.29, 0.717) is 4.99 Å². The third-order valence-electron chi connectivity index (χ3n) is 2.93. The van der Waals surface area contributed by atoms with Crippen LogP contribution in [0.5, 0.6) is 11.5 Å². The smallest absolute Gasteiger partial charge is 0.127 e. The second-order valence-electron chi connectivity index (χ2n) is 4.47. The molecule has 0 amide bonds. The maximum absolute atomic E-state index is 5.79. The average Bonchev–Trinajstić information content (AvgIpc) is 2.39. The van der Waals surface area contributed by atoms with E-state index < -0.39 is 0 Å². The first-order chi connectivity index (χ1) is 9.15. The van der Waals surface area contributed by atoms with E-state index in [1.54, 1.807) is 0 Å². The Morgan fingerprint density at radius 3 is 2.47 bits per heavy atom. The lowest BCUT2D eigenvalue weighted by Gasteiger charge is -2.09. The van der Waals surface area contributed by atoms with Crippen molar-refractivity contribution in [3.05, 3.63) is 59.7 Å². The van der Waals surface area contributed by atoms with E-state index >= 15 is 0 Å². The molecule has 98 valence electrons. The van der Waals surface area contributed by atoms with E-state index in [0.717, 1.165) is 24.3 Å². The highest BCUT2D eigenvalue weighted by molar-refractivity contribution is 7.80. The minimum atomic E-state index is 0.559. The number of nitrogens with two attached hydrogens (primary N) is 1. The zero-order valence-corrected chi connectivity index (χ0v) is 11.7. The van der Waals surface area contributed by atoms with E-state index in [4.69, 9.17) is 22.7 Å². The van der Waals surface area contributed by atoms with E-state index in [-0.39, 0.29) is 0 Å². The molecule has 19 heavy (non-hydrogen) atoms. The summed E-state index contributed by atoms with van der Waals surface area (Å²) in [5, 5.41) is 0. The van der Waals surface area contributed by atoms with Crippen LogP contribution in [0.25, 0.3) is 0 Å². The molecule has 0 aromatic heterocycles. The van der Waals surface area contributed by atoms with Gasteiger partial charge in [0, 0.05) is 6.42 Å². The van der Waals surface area contributed by atoms with Crippen molar-refractivity contribution in [1.82, 2.24) is 0 Å². The Bertz CT molecular complexity index is 566. The van der Waals surface area contributed by atoms with Gasteiger partial charge in [0.2, 0.25) is 0 Å². The van der Waals surface area contributed by atoms with Gasteiger partial charge in [0.1, 0.15) is 11.5 Å². The van der Waals surface area contributed by atoms with E-state index in [2.05, 4.69) is 13.0 Å². The second-order valence-corrected chi connectivity index (χ2v) is 4.99. The predicted octanol–water partition coefficient (Wildman–Crippen LogP) is 4.01. The van der Waals surface area contributed by atoms with Crippen molar-refractivity contribution in [2.24, 2.45) is 5.73 Å². The highest BCUT2D eigenvalue weighted by Gasteiger charge is 2.03. The normalized spacial score (nSPS) is 10.2. The molecule has 2 rings (SSSR count). The zero-order valence-electron chi connectivity index (χ0n) is 10.9. The van der Waals surface area contributed by atoms with Gasteiger partial charge in [-0.25, -0.2) is 0 Å². The van der Waals surface area contributed by atoms with Crippen LogP contribution in [0, 0.1) is 6.92 Å². The Hall–Kier alpha value is -1.87. The number of aryl methyl sites for hydroxylation is 2. The molecule has 2 N–H and O–H groups in total. The first kappa shape index (κ1) is 13.6. The van der Waals surface area contributed by atoms with Crippen molar-refractivity contribution in [1.29, 1.82) is 0 Å². The fourth-order valence-electron chi connectivity index (χ4n) is 1.89. The van der Waals surface area contributed by atoms with Gasteiger partial charge in [0.25, 0.3) is 0 Å². The largest absolute Gasteiger partial charge is 0.457 e. The van der Waals surface area contributed by atoms with Crippen molar-refractivity contribution in [3.63, 3.8) is 0 Å². The summed E-state index contributed by atoms with van der Waals surface area (Å²) in [5.41, 5.74) is 7.99. The molecule has 0 radical (unpaired) electrons. The molecule has 0 bridgehead atoms. The highest BCUT2D eigenvalue weighted by Crippen LogP contribution is 2.24. The molecule has 0 saturated carbocycles. The van der Waals surface area contributed by atoms with Crippen LogP contribution in [0.3, 0.4) is 0 Å². The maximum atomic E-state index is 5.79. The quantitative estimate of drug-likeness (QED) is 0.835. The third-order valence-corrected chi connectivity index (χ3v) is 3.14. The van der Waals surface area contributed by atoms with Gasteiger partial charge in [-0.3, -0.25) is 0 Å². The highest BCUT2D eigenvalue weighted by atomic mass is 32.1.